The van der Waals surface area contributed by atoms with Crippen LogP contribution in [0.4, 0.5) is 11.5 Å². The number of rotatable bonds is 8. The minimum absolute atomic E-state index is 0.0998. The Morgan fingerprint density at radius 1 is 1.03 bits per heavy atom. The first-order valence-electron chi connectivity index (χ1n) is 10.6. The monoisotopic (exact) mass is 470 g/mol. The van der Waals surface area contributed by atoms with E-state index in [2.05, 4.69) is 15.5 Å². The highest BCUT2D eigenvalue weighted by Crippen LogP contribution is 2.32. The molecule has 0 amide bonds. The Bertz CT molecular complexity index is 1180. The molecule has 1 aromatic heterocycles. The third kappa shape index (κ3) is 5.24. The van der Waals surface area contributed by atoms with Crippen LogP contribution in [0.1, 0.15) is 6.92 Å². The lowest BCUT2D eigenvalue weighted by Crippen LogP contribution is -2.40. The molecule has 2 heterocycles. The SMILES string of the molecule is CCOc1ccc(Nc2ccc(-c3ccc(OC)c(S(=O)(=O)N4CCOCC4)c3)nn2)cc1. The fourth-order valence-electron chi connectivity index (χ4n) is 3.47. The summed E-state index contributed by atoms with van der Waals surface area (Å²) in [6, 6.07) is 16.1. The van der Waals surface area contributed by atoms with Crippen LogP contribution < -0.4 is 14.8 Å². The average molecular weight is 471 g/mol. The van der Waals surface area contributed by atoms with Crippen molar-refractivity contribution in [1.29, 1.82) is 0 Å². The first kappa shape index (κ1) is 23.0. The Morgan fingerprint density at radius 3 is 2.42 bits per heavy atom. The van der Waals surface area contributed by atoms with Crippen molar-refractivity contribution in [2.24, 2.45) is 0 Å². The van der Waals surface area contributed by atoms with Crippen molar-refractivity contribution in [2.45, 2.75) is 11.8 Å². The van der Waals surface area contributed by atoms with E-state index in [1.54, 1.807) is 30.3 Å². The maximum absolute atomic E-state index is 13.2. The van der Waals surface area contributed by atoms with Crippen molar-refractivity contribution in [3.63, 3.8) is 0 Å². The summed E-state index contributed by atoms with van der Waals surface area (Å²) < 4.78 is 43.9. The molecular formula is C23H26N4O5S. The van der Waals surface area contributed by atoms with E-state index in [0.717, 1.165) is 11.4 Å². The van der Waals surface area contributed by atoms with E-state index in [1.165, 1.54) is 11.4 Å². The van der Waals surface area contributed by atoms with Crippen molar-refractivity contribution in [1.82, 2.24) is 14.5 Å². The van der Waals surface area contributed by atoms with E-state index in [-0.39, 0.29) is 10.6 Å². The van der Waals surface area contributed by atoms with Gasteiger partial charge < -0.3 is 19.5 Å². The van der Waals surface area contributed by atoms with Crippen LogP contribution in [-0.2, 0) is 14.8 Å². The number of morpholine rings is 1. The Balaban J connectivity index is 1.56. The molecule has 0 unspecified atom stereocenters. The molecule has 0 bridgehead atoms. The van der Waals surface area contributed by atoms with E-state index >= 15 is 0 Å². The molecule has 33 heavy (non-hydrogen) atoms. The molecule has 0 saturated carbocycles. The Labute approximate surface area is 193 Å². The molecular weight excluding hydrogens is 444 g/mol. The number of sulfonamides is 1. The van der Waals surface area contributed by atoms with E-state index in [1.807, 2.05) is 31.2 Å². The quantitative estimate of drug-likeness (QED) is 0.535. The van der Waals surface area contributed by atoms with Crippen molar-refractivity contribution in [3.05, 3.63) is 54.6 Å². The largest absolute Gasteiger partial charge is 0.495 e. The normalized spacial score (nSPS) is 14.6. The molecule has 0 radical (unpaired) electrons. The van der Waals surface area contributed by atoms with Gasteiger partial charge in [-0.1, -0.05) is 0 Å². The second-order valence-electron chi connectivity index (χ2n) is 7.27. The molecule has 0 spiro atoms. The predicted molar refractivity (Wildman–Crippen MR) is 124 cm³/mol. The number of aromatic nitrogens is 2. The van der Waals surface area contributed by atoms with Crippen molar-refractivity contribution >= 4 is 21.5 Å². The lowest BCUT2D eigenvalue weighted by Gasteiger charge is -2.26. The number of hydrogen-bond acceptors (Lipinski definition) is 8. The highest BCUT2D eigenvalue weighted by molar-refractivity contribution is 7.89. The molecule has 0 aliphatic carbocycles. The molecule has 2 aromatic carbocycles. The third-order valence-corrected chi connectivity index (χ3v) is 7.07. The van der Waals surface area contributed by atoms with Gasteiger partial charge in [-0.2, -0.15) is 4.31 Å². The molecule has 10 heteroatoms. The van der Waals surface area contributed by atoms with Gasteiger partial charge in [0.25, 0.3) is 0 Å². The molecule has 9 nitrogen and oxygen atoms in total. The lowest BCUT2D eigenvalue weighted by atomic mass is 10.1. The van der Waals surface area contributed by atoms with Gasteiger partial charge in [-0.05, 0) is 61.5 Å². The summed E-state index contributed by atoms with van der Waals surface area (Å²) in [4.78, 5) is 0.0998. The molecule has 174 valence electrons. The summed E-state index contributed by atoms with van der Waals surface area (Å²) in [5.74, 6) is 1.65. The topological polar surface area (TPSA) is 103 Å². The van der Waals surface area contributed by atoms with Gasteiger partial charge in [-0.25, -0.2) is 8.42 Å². The van der Waals surface area contributed by atoms with Gasteiger partial charge in [0, 0.05) is 24.3 Å². The van der Waals surface area contributed by atoms with Crippen molar-refractivity contribution in [2.75, 3.05) is 45.3 Å². The van der Waals surface area contributed by atoms with Crippen molar-refractivity contribution in [3.8, 4) is 22.8 Å². The van der Waals surface area contributed by atoms with Gasteiger partial charge in [0.15, 0.2) is 5.82 Å². The number of benzene rings is 2. The van der Waals surface area contributed by atoms with E-state index < -0.39 is 10.0 Å². The van der Waals surface area contributed by atoms with Crippen LogP contribution >= 0.6 is 0 Å². The van der Waals surface area contributed by atoms with E-state index in [9.17, 15) is 8.42 Å². The second-order valence-corrected chi connectivity index (χ2v) is 9.17. The summed E-state index contributed by atoms with van der Waals surface area (Å²) in [7, 11) is -2.28. The van der Waals surface area contributed by atoms with E-state index in [0.29, 0.717) is 50.0 Å². The molecule has 1 fully saturated rings. The summed E-state index contributed by atoms with van der Waals surface area (Å²) in [5.41, 5.74) is 2.03. The summed E-state index contributed by atoms with van der Waals surface area (Å²) in [5, 5.41) is 11.7. The molecule has 1 aliphatic heterocycles. The van der Waals surface area contributed by atoms with Crippen LogP contribution in [0.15, 0.2) is 59.5 Å². The minimum atomic E-state index is -3.73. The zero-order chi connectivity index (χ0) is 23.3. The van der Waals surface area contributed by atoms with Gasteiger partial charge in [0.05, 0.1) is 32.6 Å². The van der Waals surface area contributed by atoms with Crippen LogP contribution in [0.5, 0.6) is 11.5 Å². The first-order chi connectivity index (χ1) is 16.0. The number of hydrogen-bond donors (Lipinski definition) is 1. The van der Waals surface area contributed by atoms with E-state index in [4.69, 9.17) is 14.2 Å². The number of ether oxygens (including phenoxy) is 3. The maximum Gasteiger partial charge on any atom is 0.246 e. The molecule has 4 rings (SSSR count). The molecule has 1 saturated heterocycles. The summed E-state index contributed by atoms with van der Waals surface area (Å²) in [6.07, 6.45) is 0. The Kier molecular flexibility index (Phi) is 7.07. The van der Waals surface area contributed by atoms with Gasteiger partial charge in [-0.15, -0.1) is 10.2 Å². The minimum Gasteiger partial charge on any atom is -0.495 e. The molecule has 0 atom stereocenters. The van der Waals surface area contributed by atoms with Gasteiger partial charge in [0.1, 0.15) is 16.4 Å². The van der Waals surface area contributed by atoms with Gasteiger partial charge in [0.2, 0.25) is 10.0 Å². The smallest absolute Gasteiger partial charge is 0.246 e. The first-order valence-corrected chi connectivity index (χ1v) is 12.0. The third-order valence-electron chi connectivity index (χ3n) is 5.15. The van der Waals surface area contributed by atoms with Crippen LogP contribution in [0.2, 0.25) is 0 Å². The second kappa shape index (κ2) is 10.2. The van der Waals surface area contributed by atoms with Crippen LogP contribution in [-0.4, -0.2) is 62.9 Å². The molecule has 1 aliphatic rings. The number of nitrogens with zero attached hydrogens (tertiary/aromatic N) is 3. The predicted octanol–water partition coefficient (Wildman–Crippen LogP) is 3.32. The average Bonchev–Trinajstić information content (AvgIpc) is 2.86. The fourth-order valence-corrected chi connectivity index (χ4v) is 5.06. The standard InChI is InChI=1S/C23H26N4O5S/c1-3-32-19-7-5-18(6-8-19)24-23-11-9-20(25-26-23)17-4-10-21(30-2)22(16-17)33(28,29)27-12-14-31-15-13-27/h4-11,16H,3,12-15H2,1-2H3,(H,24,26). The van der Waals surface area contributed by atoms with Crippen molar-refractivity contribution < 1.29 is 22.6 Å². The summed E-state index contributed by atoms with van der Waals surface area (Å²) in [6.45, 7) is 3.90. The van der Waals surface area contributed by atoms with Gasteiger partial charge in [-0.3, -0.25) is 0 Å². The van der Waals surface area contributed by atoms with Gasteiger partial charge >= 0.3 is 0 Å². The zero-order valence-corrected chi connectivity index (χ0v) is 19.3. The Hall–Kier alpha value is -3.21. The lowest BCUT2D eigenvalue weighted by molar-refractivity contribution is 0.0729. The number of nitrogens with one attached hydrogen (secondary N) is 1. The molecule has 3 aromatic rings. The molecule has 1 N–H and O–H groups in total. The summed E-state index contributed by atoms with van der Waals surface area (Å²) >= 11 is 0. The fraction of sp³-hybridized carbons (Fsp3) is 0.304. The number of methoxy groups -OCH3 is 1. The highest BCUT2D eigenvalue weighted by Gasteiger charge is 2.29. The van der Waals surface area contributed by atoms with Crippen LogP contribution in [0, 0.1) is 0 Å². The Morgan fingerprint density at radius 2 is 1.79 bits per heavy atom. The zero-order valence-electron chi connectivity index (χ0n) is 18.5. The van der Waals surface area contributed by atoms with Crippen LogP contribution in [0.25, 0.3) is 11.3 Å². The maximum atomic E-state index is 13.2. The highest BCUT2D eigenvalue weighted by atomic mass is 32.2. The van der Waals surface area contributed by atoms with Crippen LogP contribution in [0.3, 0.4) is 0 Å². The number of anilines is 2.